The van der Waals surface area contributed by atoms with Crippen LogP contribution in [0.15, 0.2) is 131 Å². The minimum atomic E-state index is -4.32. The van der Waals surface area contributed by atoms with Crippen LogP contribution in [0, 0.1) is 27.9 Å². The van der Waals surface area contributed by atoms with E-state index in [4.69, 9.17) is 24.2 Å². The first-order valence-electron chi connectivity index (χ1n) is 23.0. The molecule has 1 fully saturated rings. The molecule has 0 radical (unpaired) electrons. The largest absolute Gasteiger partial charge is 0.460 e. The summed E-state index contributed by atoms with van der Waals surface area (Å²) >= 11 is 0. The maximum Gasteiger partial charge on any atom is 0.273 e. The topological polar surface area (TPSA) is 199 Å². The quantitative estimate of drug-likeness (QED) is 0.0277. The number of carbonyl (C=O) groups excluding carboxylic acids is 1. The predicted molar refractivity (Wildman–Crippen MR) is 254 cm³/mol. The van der Waals surface area contributed by atoms with Gasteiger partial charge in [0.1, 0.15) is 23.9 Å². The van der Waals surface area contributed by atoms with Gasteiger partial charge in [-0.1, -0.05) is 73.5 Å². The van der Waals surface area contributed by atoms with Gasteiger partial charge in [-0.15, -0.1) is 6.58 Å². The van der Waals surface area contributed by atoms with Gasteiger partial charge in [0.05, 0.1) is 40.2 Å². The van der Waals surface area contributed by atoms with Crippen LogP contribution in [0.3, 0.4) is 0 Å². The van der Waals surface area contributed by atoms with Gasteiger partial charge in [-0.25, -0.2) is 8.42 Å². The van der Waals surface area contributed by atoms with Gasteiger partial charge in [0.15, 0.2) is 0 Å². The smallest absolute Gasteiger partial charge is 0.273 e. The number of oxime groups is 1. The number of carbonyl (C=O) groups is 1. The number of nitrogens with one attached hydrogen (secondary N) is 1. The molecule has 1 saturated carbocycles. The Bertz CT molecular complexity index is 2540. The number of allylic oxidation sites excluding steroid dienone is 1. The van der Waals surface area contributed by atoms with Crippen LogP contribution in [-0.2, 0) is 31.0 Å². The number of nitro benzene ring substituents is 1. The van der Waals surface area contributed by atoms with Crippen LogP contribution in [0.25, 0.3) is 0 Å². The summed E-state index contributed by atoms with van der Waals surface area (Å²) in [6.45, 7) is 7.59. The number of hydrogen-bond acceptors (Lipinski definition) is 12. The number of sulfonamides is 1. The zero-order valence-corrected chi connectivity index (χ0v) is 38.8. The lowest BCUT2D eigenvalue weighted by atomic mass is 9.55. The van der Waals surface area contributed by atoms with E-state index in [0.29, 0.717) is 55.0 Å². The molecule has 4 aromatic carbocycles. The molecule has 0 spiro atoms. The molecule has 3 N–H and O–H groups in total. The van der Waals surface area contributed by atoms with Crippen LogP contribution in [0.5, 0.6) is 17.2 Å². The van der Waals surface area contributed by atoms with Crippen molar-refractivity contribution in [3.05, 3.63) is 143 Å². The molecule has 7 rings (SSSR count). The van der Waals surface area contributed by atoms with E-state index in [0.717, 1.165) is 29.5 Å². The van der Waals surface area contributed by atoms with Crippen molar-refractivity contribution in [3.8, 4) is 17.2 Å². The number of non-ortho nitro benzene ring substituents is 1. The van der Waals surface area contributed by atoms with E-state index in [1.54, 1.807) is 42.5 Å². The molecule has 6 atom stereocenters. The van der Waals surface area contributed by atoms with Crippen molar-refractivity contribution in [3.63, 3.8) is 0 Å². The number of aliphatic hydroxyl groups excluding tert-OH is 2. The number of anilines is 1. The standard InChI is InChI=1S/C51H60N4O11S/c1-4-26-54(67(61,62)42-23-20-38(21-24-42)52-35(3)58)48-33-46(53-64-34-36-14-7-6-8-15-36)44-30-37(16-9-11-27-56)43(19-10-12-28-57)49-45-32-41(65-40-18-13-17-39(31-40)55(59)60)22-25-47(45)66-51(48,50(44)49)63-29-5-2/h5-8,13-15,17-18,20-25,30-32,37,43,48-50,56-57H,2,4,9-12,16,19,26-29,33-34H2,1,3H3,(H,52,58)/t37-,43+,48-,49+,50+,51+/m0/s1. The van der Waals surface area contributed by atoms with Crippen molar-refractivity contribution in [2.24, 2.45) is 22.9 Å². The molecule has 356 valence electrons. The molecule has 2 aliphatic carbocycles. The van der Waals surface area contributed by atoms with Gasteiger partial charge in [-0.3, -0.25) is 14.9 Å². The van der Waals surface area contributed by atoms with Crippen LogP contribution in [0.1, 0.15) is 82.3 Å². The molecule has 3 aliphatic rings. The van der Waals surface area contributed by atoms with Crippen LogP contribution >= 0.6 is 0 Å². The molecule has 0 bridgehead atoms. The number of nitro groups is 1. The highest BCUT2D eigenvalue weighted by Crippen LogP contribution is 2.62. The maximum atomic E-state index is 15.3. The van der Waals surface area contributed by atoms with Crippen molar-refractivity contribution < 1.29 is 47.4 Å². The molecule has 67 heavy (non-hydrogen) atoms. The van der Waals surface area contributed by atoms with Gasteiger partial charge in [-0.2, -0.15) is 4.31 Å². The highest BCUT2D eigenvalue weighted by Gasteiger charge is 2.66. The number of aliphatic hydroxyl groups is 2. The number of rotatable bonds is 23. The fraction of sp³-hybridized carbons (Fsp3) is 0.412. The lowest BCUT2D eigenvalue weighted by Crippen LogP contribution is -2.70. The first-order chi connectivity index (χ1) is 32.4. The lowest BCUT2D eigenvalue weighted by molar-refractivity contribution is -0.384. The Hall–Kier alpha value is -5.91. The molecule has 0 unspecified atom stereocenters. The number of nitrogens with zero attached hydrogens (tertiary/aromatic N) is 3. The number of fused-ring (bicyclic) bond motifs is 2. The highest BCUT2D eigenvalue weighted by molar-refractivity contribution is 7.89. The van der Waals surface area contributed by atoms with E-state index >= 15 is 8.42 Å². The maximum absolute atomic E-state index is 15.3. The van der Waals surface area contributed by atoms with Crippen molar-refractivity contribution >= 4 is 33.0 Å². The molecule has 0 saturated heterocycles. The summed E-state index contributed by atoms with van der Waals surface area (Å²) in [6.07, 6.45) is 8.34. The fourth-order valence-electron chi connectivity index (χ4n) is 9.96. The lowest BCUT2D eigenvalue weighted by Gasteiger charge is -2.59. The van der Waals surface area contributed by atoms with E-state index < -0.39 is 38.6 Å². The third kappa shape index (κ3) is 10.9. The van der Waals surface area contributed by atoms with Crippen molar-refractivity contribution in [1.82, 2.24) is 4.31 Å². The first kappa shape index (κ1) is 49.0. The van der Waals surface area contributed by atoms with E-state index in [-0.39, 0.29) is 73.5 Å². The van der Waals surface area contributed by atoms with Gasteiger partial charge in [0.2, 0.25) is 21.7 Å². The second kappa shape index (κ2) is 22.3. The van der Waals surface area contributed by atoms with E-state index in [9.17, 15) is 25.1 Å². The van der Waals surface area contributed by atoms with Crippen molar-refractivity contribution in [2.45, 2.75) is 94.5 Å². The molecule has 15 nitrogen and oxygen atoms in total. The number of hydrogen-bond donors (Lipinski definition) is 3. The molecule has 1 aliphatic heterocycles. The molecule has 16 heteroatoms. The fourth-order valence-corrected chi connectivity index (χ4v) is 11.7. The molecule has 1 heterocycles. The summed E-state index contributed by atoms with van der Waals surface area (Å²) in [7, 11) is -4.32. The number of ether oxygens (including phenoxy) is 3. The van der Waals surface area contributed by atoms with E-state index in [1.807, 2.05) is 43.3 Å². The normalized spacial score (nSPS) is 22.5. The molecule has 1 amide bonds. The monoisotopic (exact) mass is 936 g/mol. The summed E-state index contributed by atoms with van der Waals surface area (Å²) in [5.74, 6) is -2.07. The second-order valence-corrected chi connectivity index (χ2v) is 19.1. The Morgan fingerprint density at radius 1 is 0.985 bits per heavy atom. The number of benzene rings is 4. The summed E-state index contributed by atoms with van der Waals surface area (Å²) < 4.78 is 52.7. The average molecular weight is 937 g/mol. The van der Waals surface area contributed by atoms with Gasteiger partial charge in [0, 0.05) is 56.3 Å². The summed E-state index contributed by atoms with van der Waals surface area (Å²) in [5.41, 5.74) is 3.35. The first-order valence-corrected chi connectivity index (χ1v) is 24.4. The Morgan fingerprint density at radius 3 is 2.40 bits per heavy atom. The SMILES string of the molecule is C=CCO[C@@]12Oc3ccc(Oc4cccc([N+](=O)[O-])c4)cc3[C@H]3[C@H](CCCCO)[C@@H](CCCCO)C=C(C(=NOCc4ccccc4)C[C@@H]1N(CCC)S(=O)(=O)c1ccc(NC(C)=O)cc1)[C@H]32. The third-order valence-corrected chi connectivity index (χ3v) is 14.7. The number of amides is 1. The third-order valence-electron chi connectivity index (χ3n) is 12.7. The van der Waals surface area contributed by atoms with Gasteiger partial charge in [0.25, 0.3) is 5.69 Å². The Labute approximate surface area is 392 Å². The molecule has 4 aromatic rings. The number of unbranched alkanes of at least 4 members (excludes halogenated alkanes) is 2. The summed E-state index contributed by atoms with van der Waals surface area (Å²) in [4.78, 5) is 29.3. The summed E-state index contributed by atoms with van der Waals surface area (Å²) in [6, 6.07) is 26.0. The van der Waals surface area contributed by atoms with Crippen molar-refractivity contribution in [1.29, 1.82) is 0 Å². The average Bonchev–Trinajstić information content (AvgIpc) is 3.32. The Kier molecular flexibility index (Phi) is 16.3. The Morgan fingerprint density at radius 2 is 1.72 bits per heavy atom. The van der Waals surface area contributed by atoms with Gasteiger partial charge < -0.3 is 34.6 Å². The second-order valence-electron chi connectivity index (χ2n) is 17.2. The molecular formula is C51H60N4O11S. The van der Waals surface area contributed by atoms with E-state index in [1.165, 1.54) is 35.5 Å². The minimum absolute atomic E-state index is 0.00777. The van der Waals surface area contributed by atoms with Crippen LogP contribution < -0.4 is 14.8 Å². The molecule has 0 aromatic heterocycles. The highest BCUT2D eigenvalue weighted by atomic mass is 32.2. The van der Waals surface area contributed by atoms with Crippen LogP contribution in [0.4, 0.5) is 11.4 Å². The van der Waals surface area contributed by atoms with Crippen molar-refractivity contribution in [2.75, 3.05) is 31.7 Å². The van der Waals surface area contributed by atoms with E-state index in [2.05, 4.69) is 18.0 Å². The predicted octanol–water partition coefficient (Wildman–Crippen LogP) is 9.28. The zero-order chi connectivity index (χ0) is 47.6. The van der Waals surface area contributed by atoms with Crippen LogP contribution in [0.2, 0.25) is 0 Å². The van der Waals surface area contributed by atoms with Gasteiger partial charge >= 0.3 is 0 Å². The van der Waals surface area contributed by atoms with Gasteiger partial charge in [-0.05, 0) is 104 Å². The van der Waals surface area contributed by atoms with Crippen LogP contribution in [-0.4, -0.2) is 77.7 Å². The summed E-state index contributed by atoms with van der Waals surface area (Å²) in [5, 5.41) is 39.2. The Balaban J connectivity index is 1.46. The zero-order valence-electron chi connectivity index (χ0n) is 38.0. The minimum Gasteiger partial charge on any atom is -0.460 e. The molecular weight excluding hydrogens is 877 g/mol.